The lowest BCUT2D eigenvalue weighted by molar-refractivity contribution is 1.09. The summed E-state index contributed by atoms with van der Waals surface area (Å²) in [4.78, 5) is 0. The molecule has 1 aromatic carbocycles. The number of rotatable bonds is 1. The first-order chi connectivity index (χ1) is 7.36. The predicted octanol–water partition coefficient (Wildman–Crippen LogP) is 1.54. The number of aromatic nitrogens is 4. The lowest BCUT2D eigenvalue weighted by atomic mass is 10.1. The van der Waals surface area contributed by atoms with Crippen molar-refractivity contribution >= 4 is 16.6 Å². The van der Waals surface area contributed by atoms with E-state index < -0.39 is 0 Å². The third-order valence-electron chi connectivity index (χ3n) is 2.40. The minimum atomic E-state index is 0.703. The van der Waals surface area contributed by atoms with Gasteiger partial charge in [-0.25, -0.2) is 0 Å². The third-order valence-corrected chi connectivity index (χ3v) is 2.40. The molecular weight excluding hydrogens is 190 g/mol. The molecular formula is C10H9N5. The van der Waals surface area contributed by atoms with Gasteiger partial charge in [0.1, 0.15) is 5.69 Å². The van der Waals surface area contributed by atoms with E-state index in [1.165, 1.54) is 0 Å². The molecule has 0 radical (unpaired) electrons. The molecule has 2 heterocycles. The van der Waals surface area contributed by atoms with Gasteiger partial charge in [0.15, 0.2) is 0 Å². The molecule has 0 aliphatic rings. The molecule has 2 aromatic heterocycles. The van der Waals surface area contributed by atoms with Crippen molar-refractivity contribution in [2.24, 2.45) is 0 Å². The molecule has 0 saturated heterocycles. The highest BCUT2D eigenvalue weighted by molar-refractivity contribution is 5.98. The molecule has 0 atom stereocenters. The molecule has 0 amide bonds. The van der Waals surface area contributed by atoms with Crippen LogP contribution in [-0.2, 0) is 0 Å². The molecule has 3 aromatic rings. The number of para-hydroxylation sites is 1. The van der Waals surface area contributed by atoms with Crippen molar-refractivity contribution in [3.8, 4) is 11.3 Å². The number of nitrogen functional groups attached to an aromatic ring is 1. The van der Waals surface area contributed by atoms with Gasteiger partial charge in [-0.3, -0.25) is 10.2 Å². The summed E-state index contributed by atoms with van der Waals surface area (Å²) in [5, 5.41) is 14.8. The zero-order valence-electron chi connectivity index (χ0n) is 7.86. The zero-order chi connectivity index (χ0) is 10.3. The maximum atomic E-state index is 5.83. The van der Waals surface area contributed by atoms with E-state index in [4.69, 9.17) is 5.73 Å². The van der Waals surface area contributed by atoms with Gasteiger partial charge in [-0.15, -0.1) is 0 Å². The lowest BCUT2D eigenvalue weighted by Gasteiger charge is -1.94. The van der Waals surface area contributed by atoms with Crippen molar-refractivity contribution < 1.29 is 0 Å². The maximum Gasteiger partial charge on any atom is 0.103 e. The van der Waals surface area contributed by atoms with Crippen LogP contribution in [0.25, 0.3) is 22.2 Å². The van der Waals surface area contributed by atoms with Crippen molar-refractivity contribution in [3.05, 3.63) is 30.6 Å². The van der Waals surface area contributed by atoms with E-state index in [0.29, 0.717) is 5.69 Å². The molecule has 5 heteroatoms. The van der Waals surface area contributed by atoms with Crippen LogP contribution in [0.5, 0.6) is 0 Å². The van der Waals surface area contributed by atoms with Gasteiger partial charge in [-0.2, -0.15) is 10.2 Å². The van der Waals surface area contributed by atoms with Gasteiger partial charge in [-0.05, 0) is 6.07 Å². The molecule has 0 saturated carbocycles. The largest absolute Gasteiger partial charge is 0.397 e. The Labute approximate surface area is 85.3 Å². The number of H-pyrrole nitrogens is 2. The molecule has 0 unspecified atom stereocenters. The number of hydrogen-bond donors (Lipinski definition) is 3. The Balaban J connectivity index is 2.34. The van der Waals surface area contributed by atoms with Gasteiger partial charge >= 0.3 is 0 Å². The van der Waals surface area contributed by atoms with Crippen molar-refractivity contribution in [1.82, 2.24) is 20.4 Å². The highest BCUT2D eigenvalue weighted by Crippen LogP contribution is 2.27. The lowest BCUT2D eigenvalue weighted by Crippen LogP contribution is -1.84. The van der Waals surface area contributed by atoms with Crippen molar-refractivity contribution in [2.75, 3.05) is 5.73 Å². The van der Waals surface area contributed by atoms with Crippen molar-refractivity contribution in [2.45, 2.75) is 0 Å². The van der Waals surface area contributed by atoms with Crippen LogP contribution in [0.3, 0.4) is 0 Å². The first-order valence-corrected chi connectivity index (χ1v) is 4.58. The average molecular weight is 199 g/mol. The molecule has 0 aliphatic carbocycles. The average Bonchev–Trinajstić information content (AvgIpc) is 2.85. The second-order valence-electron chi connectivity index (χ2n) is 3.33. The van der Waals surface area contributed by atoms with Gasteiger partial charge < -0.3 is 5.73 Å². The van der Waals surface area contributed by atoms with E-state index in [2.05, 4.69) is 20.4 Å². The van der Waals surface area contributed by atoms with E-state index in [-0.39, 0.29) is 0 Å². The third kappa shape index (κ3) is 1.10. The number of nitrogens with one attached hydrogen (secondary N) is 2. The fourth-order valence-electron chi connectivity index (χ4n) is 1.66. The number of anilines is 1. The molecule has 74 valence electrons. The highest BCUT2D eigenvalue weighted by atomic mass is 15.1. The molecule has 0 spiro atoms. The summed E-state index contributed by atoms with van der Waals surface area (Å²) < 4.78 is 0. The summed E-state index contributed by atoms with van der Waals surface area (Å²) in [5.41, 5.74) is 9.22. The smallest absolute Gasteiger partial charge is 0.103 e. The number of benzene rings is 1. The van der Waals surface area contributed by atoms with E-state index in [1.807, 2.05) is 18.2 Å². The van der Waals surface area contributed by atoms with Gasteiger partial charge in [0.2, 0.25) is 0 Å². The summed E-state index contributed by atoms with van der Waals surface area (Å²) in [7, 11) is 0. The number of aromatic amines is 2. The number of fused-ring (bicyclic) bond motifs is 1. The van der Waals surface area contributed by atoms with Gasteiger partial charge in [-0.1, -0.05) is 12.1 Å². The van der Waals surface area contributed by atoms with E-state index in [1.54, 1.807) is 12.4 Å². The first-order valence-electron chi connectivity index (χ1n) is 4.58. The second-order valence-corrected chi connectivity index (χ2v) is 3.33. The van der Waals surface area contributed by atoms with Crippen LogP contribution in [0.15, 0.2) is 30.6 Å². The topological polar surface area (TPSA) is 83.4 Å². The zero-order valence-corrected chi connectivity index (χ0v) is 7.86. The monoisotopic (exact) mass is 199 g/mol. The summed E-state index contributed by atoms with van der Waals surface area (Å²) >= 11 is 0. The SMILES string of the molecule is Nc1cccc2c(-c3cn[nH]c3)n[nH]c12. The summed E-state index contributed by atoms with van der Waals surface area (Å²) in [6.07, 6.45) is 3.54. The van der Waals surface area contributed by atoms with E-state index in [0.717, 1.165) is 22.2 Å². The molecule has 0 bridgehead atoms. The minimum absolute atomic E-state index is 0.703. The van der Waals surface area contributed by atoms with Crippen LogP contribution in [0.4, 0.5) is 5.69 Å². The van der Waals surface area contributed by atoms with Gasteiger partial charge in [0.05, 0.1) is 17.4 Å². The fraction of sp³-hybridized carbons (Fsp3) is 0. The Bertz CT molecular complexity index is 593. The standard InChI is InChI=1S/C10H9N5/c11-8-3-1-2-7-9(14-15-10(7)8)6-4-12-13-5-6/h1-5H,11H2,(H,12,13)(H,14,15). The van der Waals surface area contributed by atoms with Crippen LogP contribution in [0.2, 0.25) is 0 Å². The normalized spacial score (nSPS) is 10.9. The first kappa shape index (κ1) is 8.05. The maximum absolute atomic E-state index is 5.83. The van der Waals surface area contributed by atoms with Crippen LogP contribution < -0.4 is 5.73 Å². The molecule has 5 nitrogen and oxygen atoms in total. The van der Waals surface area contributed by atoms with Crippen LogP contribution in [0, 0.1) is 0 Å². The second kappa shape index (κ2) is 2.84. The number of nitrogens with zero attached hydrogens (tertiary/aromatic N) is 2. The molecule has 0 fully saturated rings. The highest BCUT2D eigenvalue weighted by Gasteiger charge is 2.09. The minimum Gasteiger partial charge on any atom is -0.397 e. The van der Waals surface area contributed by atoms with Gasteiger partial charge in [0, 0.05) is 17.1 Å². The molecule has 0 aliphatic heterocycles. The Kier molecular flexibility index (Phi) is 1.53. The van der Waals surface area contributed by atoms with E-state index in [9.17, 15) is 0 Å². The van der Waals surface area contributed by atoms with Gasteiger partial charge in [0.25, 0.3) is 0 Å². The summed E-state index contributed by atoms with van der Waals surface area (Å²) in [5.74, 6) is 0. The van der Waals surface area contributed by atoms with Crippen LogP contribution in [0.1, 0.15) is 0 Å². The Morgan fingerprint density at radius 3 is 3.00 bits per heavy atom. The van der Waals surface area contributed by atoms with Crippen LogP contribution in [-0.4, -0.2) is 20.4 Å². The van der Waals surface area contributed by atoms with Crippen molar-refractivity contribution in [3.63, 3.8) is 0 Å². The summed E-state index contributed by atoms with van der Waals surface area (Å²) in [6.45, 7) is 0. The quantitative estimate of drug-likeness (QED) is 0.520. The molecule has 4 N–H and O–H groups in total. The Morgan fingerprint density at radius 1 is 1.27 bits per heavy atom. The molecule has 15 heavy (non-hydrogen) atoms. The number of nitrogens with two attached hydrogens (primary N) is 1. The Morgan fingerprint density at radius 2 is 2.20 bits per heavy atom. The molecule has 3 rings (SSSR count). The predicted molar refractivity (Wildman–Crippen MR) is 58.1 cm³/mol. The Hall–Kier alpha value is -2.30. The fourth-order valence-corrected chi connectivity index (χ4v) is 1.66. The number of hydrogen-bond acceptors (Lipinski definition) is 3. The van der Waals surface area contributed by atoms with Crippen LogP contribution >= 0.6 is 0 Å². The summed E-state index contributed by atoms with van der Waals surface area (Å²) in [6, 6.07) is 5.74. The van der Waals surface area contributed by atoms with E-state index >= 15 is 0 Å². The van der Waals surface area contributed by atoms with Crippen molar-refractivity contribution in [1.29, 1.82) is 0 Å².